The predicted octanol–water partition coefficient (Wildman–Crippen LogP) is 2.77. The van der Waals surface area contributed by atoms with Crippen molar-refractivity contribution in [2.45, 2.75) is 101 Å². The van der Waals surface area contributed by atoms with Gasteiger partial charge in [0.15, 0.2) is 0 Å². The van der Waals surface area contributed by atoms with Crippen LogP contribution >= 0.6 is 0 Å². The van der Waals surface area contributed by atoms with Crippen LogP contribution in [0.4, 0.5) is 9.59 Å². The van der Waals surface area contributed by atoms with Crippen LogP contribution in [-0.4, -0.2) is 96.8 Å². The van der Waals surface area contributed by atoms with Gasteiger partial charge in [0, 0.05) is 25.4 Å². The average Bonchev–Trinajstić information content (AvgIpc) is 4.00. The molecule has 1 saturated heterocycles. The Morgan fingerprint density at radius 1 is 1.16 bits per heavy atom. The minimum atomic E-state index is -3.91. The second kappa shape index (κ2) is 14.0. The fourth-order valence-electron chi connectivity index (χ4n) is 7.11. The summed E-state index contributed by atoms with van der Waals surface area (Å²) in [7, 11) is -3.91. The summed E-state index contributed by atoms with van der Waals surface area (Å²) >= 11 is 0. The van der Waals surface area contributed by atoms with Gasteiger partial charge in [0.2, 0.25) is 21.8 Å². The smallest absolute Gasteiger partial charge is 0.410 e. The minimum Gasteiger partial charge on any atom is -0.450 e. The molecule has 1 aromatic carbocycles. The molecule has 3 N–H and O–H groups in total. The highest BCUT2D eigenvalue weighted by Gasteiger charge is 2.62. The van der Waals surface area contributed by atoms with Crippen molar-refractivity contribution in [1.29, 1.82) is 0 Å². The van der Waals surface area contributed by atoms with Gasteiger partial charge in [-0.25, -0.2) is 18.0 Å². The summed E-state index contributed by atoms with van der Waals surface area (Å²) < 4.78 is 38.8. The lowest BCUT2D eigenvalue weighted by molar-refractivity contribution is -0.142. The van der Waals surface area contributed by atoms with E-state index < -0.39 is 80.2 Å². The van der Waals surface area contributed by atoms with E-state index in [0.717, 1.165) is 16.7 Å². The molecule has 14 nitrogen and oxygen atoms in total. The quantitative estimate of drug-likeness (QED) is 0.372. The highest BCUT2D eigenvalue weighted by molar-refractivity contribution is 7.91. The first-order valence-electron chi connectivity index (χ1n) is 17.6. The molecular formula is C36H47N5O9S. The van der Waals surface area contributed by atoms with Crippen LogP contribution in [0.2, 0.25) is 0 Å². The van der Waals surface area contributed by atoms with Gasteiger partial charge in [0.25, 0.3) is 5.91 Å². The lowest BCUT2D eigenvalue weighted by atomic mass is 9.85. The van der Waals surface area contributed by atoms with Crippen molar-refractivity contribution in [3.8, 4) is 0 Å². The molecule has 6 bridgehead atoms. The van der Waals surface area contributed by atoms with Crippen LogP contribution in [0, 0.1) is 11.3 Å². The van der Waals surface area contributed by atoms with Gasteiger partial charge in [0.1, 0.15) is 23.7 Å². The number of carbonyl (C=O) groups is 5. The number of benzene rings is 1. The van der Waals surface area contributed by atoms with E-state index in [4.69, 9.17) is 9.47 Å². The molecule has 4 heterocycles. The molecule has 2 aliphatic carbocycles. The van der Waals surface area contributed by atoms with Crippen molar-refractivity contribution in [3.05, 3.63) is 53.6 Å². The van der Waals surface area contributed by atoms with Crippen LogP contribution in [0.25, 0.3) is 6.08 Å². The summed E-state index contributed by atoms with van der Waals surface area (Å²) in [4.78, 5) is 71.3. The fourth-order valence-corrected chi connectivity index (χ4v) is 8.48. The SMILES string of the molecule is C=C[C@@H]1C[C@]1(NC(=O)[C@@H]1CC2CN1C(=O)[C@H](C(C)(C)C)NC(=O)OCCC/C=C\c1cccc3c1CCN(C3)C(=O)O2)C(=O)NS(=O)(=O)C1CC1. The number of fused-ring (bicyclic) bond motifs is 10. The molecule has 5 amide bonds. The number of hydrogen-bond acceptors (Lipinski definition) is 9. The van der Waals surface area contributed by atoms with Crippen LogP contribution in [0.5, 0.6) is 0 Å². The zero-order valence-electron chi connectivity index (χ0n) is 29.3. The lowest BCUT2D eigenvalue weighted by Gasteiger charge is -2.35. The standard InChI is InChI=1S/C36H47N5O9S/c1-5-24-19-36(24,32(44)39-51(47,48)26-13-14-26)38-30(42)28-18-25-21-41(28)31(43)29(35(2,3)4)37-33(45)49-17-8-6-7-10-22-11-9-12-23-20-40(34(46)50-25)16-15-27(22)23/h5,7,9-12,24-26,28-29H,1,6,8,13-21H2,2-4H3,(H,37,45)(H,38,42)(H,39,44)/b10-7-/t24-,25?,28+,29-,36-/m1/s1. The highest BCUT2D eigenvalue weighted by atomic mass is 32.2. The molecule has 1 aromatic rings. The van der Waals surface area contributed by atoms with Gasteiger partial charge >= 0.3 is 12.2 Å². The van der Waals surface area contributed by atoms with Crippen molar-refractivity contribution in [1.82, 2.24) is 25.2 Å². The molecule has 4 aliphatic heterocycles. The summed E-state index contributed by atoms with van der Waals surface area (Å²) in [6.45, 7) is 9.78. The van der Waals surface area contributed by atoms with E-state index in [2.05, 4.69) is 21.9 Å². The van der Waals surface area contributed by atoms with Crippen LogP contribution in [0.15, 0.2) is 36.9 Å². The highest BCUT2D eigenvalue weighted by Crippen LogP contribution is 2.45. The van der Waals surface area contributed by atoms with Gasteiger partial charge in [0.05, 0.1) is 18.4 Å². The number of carbonyl (C=O) groups excluding carboxylic acids is 5. The number of amides is 5. The van der Waals surface area contributed by atoms with Crippen molar-refractivity contribution in [2.24, 2.45) is 11.3 Å². The first-order chi connectivity index (χ1) is 24.1. The molecular weight excluding hydrogens is 678 g/mol. The predicted molar refractivity (Wildman–Crippen MR) is 186 cm³/mol. The number of nitrogens with zero attached hydrogens (tertiary/aromatic N) is 2. The van der Waals surface area contributed by atoms with Gasteiger partial charge in [-0.05, 0) is 60.6 Å². The number of rotatable bonds is 6. The Kier molecular flexibility index (Phi) is 9.96. The van der Waals surface area contributed by atoms with Crippen LogP contribution in [0.3, 0.4) is 0 Å². The molecule has 0 aromatic heterocycles. The second-order valence-corrected chi connectivity index (χ2v) is 17.2. The third-order valence-electron chi connectivity index (χ3n) is 10.3. The third-order valence-corrected chi connectivity index (χ3v) is 12.2. The molecule has 7 rings (SSSR count). The number of hydrogen-bond donors (Lipinski definition) is 3. The zero-order chi connectivity index (χ0) is 36.7. The van der Waals surface area contributed by atoms with Crippen molar-refractivity contribution in [2.75, 3.05) is 19.7 Å². The molecule has 6 aliphatic rings. The fraction of sp³-hybridized carbons (Fsp3) is 0.583. The monoisotopic (exact) mass is 725 g/mol. The largest absolute Gasteiger partial charge is 0.450 e. The lowest BCUT2D eigenvalue weighted by Crippen LogP contribution is -2.60. The first kappa shape index (κ1) is 36.4. The first-order valence-corrected chi connectivity index (χ1v) is 19.1. The Balaban J connectivity index is 1.27. The molecule has 15 heteroatoms. The second-order valence-electron chi connectivity index (χ2n) is 15.2. The van der Waals surface area contributed by atoms with Gasteiger partial charge < -0.3 is 29.9 Å². The van der Waals surface area contributed by atoms with Crippen LogP contribution in [0.1, 0.15) is 76.0 Å². The Morgan fingerprint density at radius 2 is 1.92 bits per heavy atom. The van der Waals surface area contributed by atoms with E-state index in [1.54, 1.807) is 25.7 Å². The molecule has 2 saturated carbocycles. The third kappa shape index (κ3) is 7.77. The van der Waals surface area contributed by atoms with Crippen LogP contribution in [-0.2, 0) is 46.8 Å². The molecule has 51 heavy (non-hydrogen) atoms. The summed E-state index contributed by atoms with van der Waals surface area (Å²) in [6.07, 6.45) is 6.05. The Hall–Kier alpha value is -4.40. The molecule has 276 valence electrons. The van der Waals surface area contributed by atoms with Crippen molar-refractivity contribution < 1.29 is 41.9 Å². The maximum Gasteiger partial charge on any atom is 0.410 e. The summed E-state index contributed by atoms with van der Waals surface area (Å²) in [5.74, 6) is -2.72. The molecule has 5 atom stereocenters. The number of nitrogens with one attached hydrogen (secondary N) is 3. The van der Waals surface area contributed by atoms with E-state index >= 15 is 0 Å². The number of sulfonamides is 1. The summed E-state index contributed by atoms with van der Waals surface area (Å²) in [5, 5.41) is 4.77. The van der Waals surface area contributed by atoms with Gasteiger partial charge in [-0.15, -0.1) is 6.58 Å². The number of ether oxygens (including phenoxy) is 2. The molecule has 0 spiro atoms. The normalized spacial score (nSPS) is 29.3. The molecule has 0 radical (unpaired) electrons. The Labute approximate surface area is 298 Å². The van der Waals surface area contributed by atoms with Crippen molar-refractivity contribution in [3.63, 3.8) is 0 Å². The van der Waals surface area contributed by atoms with Gasteiger partial charge in [-0.2, -0.15) is 0 Å². The number of allylic oxidation sites excluding steroid dienone is 1. The Bertz CT molecular complexity index is 1750. The van der Waals surface area contributed by atoms with E-state index in [0.29, 0.717) is 45.2 Å². The van der Waals surface area contributed by atoms with Crippen molar-refractivity contribution >= 4 is 46.0 Å². The van der Waals surface area contributed by atoms with Gasteiger partial charge in [-0.1, -0.05) is 57.2 Å². The van der Waals surface area contributed by atoms with E-state index in [-0.39, 0.29) is 26.0 Å². The van der Waals surface area contributed by atoms with Crippen LogP contribution < -0.4 is 15.4 Å². The maximum absolute atomic E-state index is 14.3. The topological polar surface area (TPSA) is 181 Å². The average molecular weight is 726 g/mol. The summed E-state index contributed by atoms with van der Waals surface area (Å²) in [6, 6.07) is 3.60. The van der Waals surface area contributed by atoms with E-state index in [1.807, 2.05) is 30.4 Å². The Morgan fingerprint density at radius 3 is 2.61 bits per heavy atom. The molecule has 1 unspecified atom stereocenters. The van der Waals surface area contributed by atoms with E-state index in [9.17, 15) is 32.4 Å². The zero-order valence-corrected chi connectivity index (χ0v) is 30.1. The minimum absolute atomic E-state index is 0.0825. The van der Waals surface area contributed by atoms with E-state index in [1.165, 1.54) is 11.0 Å². The maximum atomic E-state index is 14.3. The van der Waals surface area contributed by atoms with Gasteiger partial charge in [-0.3, -0.25) is 19.1 Å². The number of alkyl carbamates (subject to hydrolysis) is 1. The summed E-state index contributed by atoms with van der Waals surface area (Å²) in [5.41, 5.74) is 0.801. The molecule has 3 fully saturated rings.